The fourth-order valence-corrected chi connectivity index (χ4v) is 3.61. The molecule has 0 N–H and O–H groups in total. The number of nitrogens with zero attached hydrogens (tertiary/aromatic N) is 3. The zero-order valence-electron chi connectivity index (χ0n) is 16.3. The Balaban J connectivity index is 1.95. The first-order valence-corrected chi connectivity index (χ1v) is 9.68. The molecule has 4 rings (SSSR count). The molecule has 0 saturated carbocycles. The molecule has 0 aromatic heterocycles. The van der Waals surface area contributed by atoms with Crippen molar-refractivity contribution in [3.63, 3.8) is 0 Å². The van der Waals surface area contributed by atoms with Crippen LogP contribution in [0.2, 0.25) is 0 Å². The highest BCUT2D eigenvalue weighted by Crippen LogP contribution is 2.38. The molecule has 0 aliphatic rings. The van der Waals surface area contributed by atoms with Gasteiger partial charge in [0.1, 0.15) is 5.41 Å². The van der Waals surface area contributed by atoms with E-state index in [1.807, 2.05) is 66.7 Å². The largest absolute Gasteiger partial charge is 0.107 e. The Morgan fingerprint density at radius 3 is 1.43 bits per heavy atom. The molecule has 142 valence electrons. The lowest BCUT2D eigenvalue weighted by molar-refractivity contribution is 0.809. The number of hydrogen-bond donors (Lipinski definition) is 0. The van der Waals surface area contributed by atoms with E-state index in [0.29, 0.717) is 5.69 Å². The summed E-state index contributed by atoms with van der Waals surface area (Å²) in [6.07, 6.45) is 0. The van der Waals surface area contributed by atoms with Crippen LogP contribution in [0.3, 0.4) is 0 Å². The van der Waals surface area contributed by atoms with Crippen LogP contribution in [0.4, 0.5) is 5.69 Å². The SMILES string of the molecule is [N-]=[N+]=Nc1ccc(C#CC(c2ccccc2)(c2ccccc2)c2ccccc2)cc1. The summed E-state index contributed by atoms with van der Waals surface area (Å²) >= 11 is 0. The average Bonchev–Trinajstić information content (AvgIpc) is 2.83. The van der Waals surface area contributed by atoms with Crippen molar-refractivity contribution in [1.82, 2.24) is 0 Å². The Morgan fingerprint density at radius 1 is 0.600 bits per heavy atom. The second kappa shape index (κ2) is 8.84. The quantitative estimate of drug-likeness (QED) is 0.119. The average molecular weight is 385 g/mol. The molecule has 30 heavy (non-hydrogen) atoms. The zero-order valence-corrected chi connectivity index (χ0v) is 16.3. The fraction of sp³-hybridized carbons (Fsp3) is 0.0370. The molecule has 0 aliphatic heterocycles. The molecule has 0 spiro atoms. The maximum Gasteiger partial charge on any atom is 0.107 e. The standard InChI is InChI=1S/C27H19N3/c28-30-29-26-18-16-22(17-19-26)20-21-27(23-10-4-1-5-11-23,24-12-6-2-7-13-24)25-14-8-3-9-15-25/h1-19H. The predicted molar refractivity (Wildman–Crippen MR) is 121 cm³/mol. The topological polar surface area (TPSA) is 48.8 Å². The van der Waals surface area contributed by atoms with Crippen molar-refractivity contribution < 1.29 is 0 Å². The summed E-state index contributed by atoms with van der Waals surface area (Å²) in [5.74, 6) is 6.96. The highest BCUT2D eigenvalue weighted by Gasteiger charge is 2.34. The van der Waals surface area contributed by atoms with E-state index in [2.05, 4.69) is 58.3 Å². The minimum atomic E-state index is -0.618. The summed E-state index contributed by atoms with van der Waals surface area (Å²) < 4.78 is 0. The van der Waals surface area contributed by atoms with E-state index in [1.165, 1.54) is 0 Å². The summed E-state index contributed by atoms with van der Waals surface area (Å²) in [7, 11) is 0. The van der Waals surface area contributed by atoms with Crippen LogP contribution in [0, 0.1) is 11.8 Å². The Labute approximate surface area is 176 Å². The molecule has 0 aliphatic carbocycles. The molecule has 3 nitrogen and oxygen atoms in total. The first-order valence-electron chi connectivity index (χ1n) is 9.68. The van der Waals surface area contributed by atoms with E-state index in [-0.39, 0.29) is 0 Å². The molecule has 0 radical (unpaired) electrons. The number of azide groups is 1. The first kappa shape index (κ1) is 19.1. The van der Waals surface area contributed by atoms with Crippen molar-refractivity contribution in [1.29, 1.82) is 0 Å². The molecule has 0 unspecified atom stereocenters. The highest BCUT2D eigenvalue weighted by molar-refractivity contribution is 5.59. The molecule has 0 bridgehead atoms. The van der Waals surface area contributed by atoms with Crippen molar-refractivity contribution in [3.8, 4) is 11.8 Å². The summed E-state index contributed by atoms with van der Waals surface area (Å²) in [5, 5.41) is 3.63. The van der Waals surface area contributed by atoms with Crippen molar-refractivity contribution in [3.05, 3.63) is 148 Å². The van der Waals surface area contributed by atoms with E-state index in [0.717, 1.165) is 22.3 Å². The second-order valence-electron chi connectivity index (χ2n) is 6.83. The molecule has 4 aromatic rings. The van der Waals surface area contributed by atoms with Crippen LogP contribution in [-0.2, 0) is 5.41 Å². The lowest BCUT2D eigenvalue weighted by Gasteiger charge is -2.31. The highest BCUT2D eigenvalue weighted by atomic mass is 15.1. The molecule has 3 heteroatoms. The number of rotatable bonds is 4. The van der Waals surface area contributed by atoms with Crippen molar-refractivity contribution in [2.24, 2.45) is 5.11 Å². The van der Waals surface area contributed by atoms with Crippen molar-refractivity contribution in [2.75, 3.05) is 0 Å². The van der Waals surface area contributed by atoms with Gasteiger partial charge < -0.3 is 0 Å². The smallest absolute Gasteiger partial charge is 0.0765 e. The Morgan fingerprint density at radius 2 is 1.03 bits per heavy atom. The second-order valence-corrected chi connectivity index (χ2v) is 6.83. The van der Waals surface area contributed by atoms with E-state index < -0.39 is 5.41 Å². The molecule has 0 saturated heterocycles. The Bertz CT molecular complexity index is 1120. The van der Waals surface area contributed by atoms with Gasteiger partial charge in [-0.15, -0.1) is 0 Å². The van der Waals surface area contributed by atoms with Gasteiger partial charge in [-0.2, -0.15) is 0 Å². The third-order valence-corrected chi connectivity index (χ3v) is 5.04. The number of hydrogen-bond acceptors (Lipinski definition) is 1. The van der Waals surface area contributed by atoms with Crippen LogP contribution in [0.5, 0.6) is 0 Å². The molecule has 0 fully saturated rings. The van der Waals surface area contributed by atoms with E-state index in [1.54, 1.807) is 12.1 Å². The molecular weight excluding hydrogens is 366 g/mol. The maximum atomic E-state index is 8.61. The van der Waals surface area contributed by atoms with E-state index in [4.69, 9.17) is 5.53 Å². The number of benzene rings is 4. The Hall–Kier alpha value is -4.25. The van der Waals surface area contributed by atoms with E-state index in [9.17, 15) is 0 Å². The summed E-state index contributed by atoms with van der Waals surface area (Å²) in [6, 6.07) is 38.4. The third-order valence-electron chi connectivity index (χ3n) is 5.04. The zero-order chi connectivity index (χ0) is 20.7. The van der Waals surface area contributed by atoms with Gasteiger partial charge in [0.2, 0.25) is 0 Å². The maximum absolute atomic E-state index is 8.61. The van der Waals surface area contributed by atoms with Crippen LogP contribution in [-0.4, -0.2) is 0 Å². The van der Waals surface area contributed by atoms with Crippen LogP contribution < -0.4 is 0 Å². The van der Waals surface area contributed by atoms with Gasteiger partial charge in [0.25, 0.3) is 0 Å². The van der Waals surface area contributed by atoms with Gasteiger partial charge in [0.05, 0.1) is 0 Å². The lowest BCUT2D eigenvalue weighted by atomic mass is 9.70. The summed E-state index contributed by atoms with van der Waals surface area (Å²) in [5.41, 5.74) is 12.8. The molecule has 4 aromatic carbocycles. The molecular formula is C27H19N3. The minimum Gasteiger partial charge on any atom is -0.0765 e. The summed E-state index contributed by atoms with van der Waals surface area (Å²) in [6.45, 7) is 0. The van der Waals surface area contributed by atoms with Gasteiger partial charge in [0.15, 0.2) is 0 Å². The lowest BCUT2D eigenvalue weighted by Crippen LogP contribution is -2.27. The van der Waals surface area contributed by atoms with Crippen LogP contribution in [0.1, 0.15) is 22.3 Å². The van der Waals surface area contributed by atoms with Gasteiger partial charge in [-0.25, -0.2) is 0 Å². The third kappa shape index (κ3) is 3.82. The minimum absolute atomic E-state index is 0.573. The monoisotopic (exact) mass is 385 g/mol. The summed E-state index contributed by atoms with van der Waals surface area (Å²) in [4.78, 5) is 2.83. The van der Waals surface area contributed by atoms with E-state index >= 15 is 0 Å². The predicted octanol–water partition coefficient (Wildman–Crippen LogP) is 7.01. The van der Waals surface area contributed by atoms with Crippen LogP contribution >= 0.6 is 0 Å². The van der Waals surface area contributed by atoms with Crippen LogP contribution in [0.15, 0.2) is 120 Å². The van der Waals surface area contributed by atoms with Crippen LogP contribution in [0.25, 0.3) is 10.4 Å². The van der Waals surface area contributed by atoms with Gasteiger partial charge in [-0.1, -0.05) is 120 Å². The van der Waals surface area contributed by atoms with Crippen molar-refractivity contribution >= 4 is 5.69 Å². The Kier molecular flexibility index (Phi) is 5.62. The van der Waals surface area contributed by atoms with Gasteiger partial charge in [-0.05, 0) is 34.4 Å². The first-order chi connectivity index (χ1) is 14.8. The molecule has 0 amide bonds. The van der Waals surface area contributed by atoms with Gasteiger partial charge >= 0.3 is 0 Å². The van der Waals surface area contributed by atoms with Crippen molar-refractivity contribution in [2.45, 2.75) is 5.41 Å². The molecule has 0 heterocycles. The normalized spacial score (nSPS) is 10.4. The van der Waals surface area contributed by atoms with Gasteiger partial charge in [0, 0.05) is 16.2 Å². The molecule has 0 atom stereocenters. The fourth-order valence-electron chi connectivity index (χ4n) is 3.61. The van der Waals surface area contributed by atoms with Gasteiger partial charge in [-0.3, -0.25) is 0 Å².